The average molecular weight is 448 g/mol. The highest BCUT2D eigenvalue weighted by Crippen LogP contribution is 2.35. The van der Waals surface area contributed by atoms with Crippen LogP contribution in [-0.2, 0) is 9.59 Å². The van der Waals surface area contributed by atoms with Gasteiger partial charge in [-0.3, -0.25) is 0 Å². The van der Waals surface area contributed by atoms with Gasteiger partial charge >= 0.3 is 11.9 Å². The molecule has 0 radical (unpaired) electrons. The van der Waals surface area contributed by atoms with Crippen LogP contribution in [0.1, 0.15) is 25.8 Å². The van der Waals surface area contributed by atoms with E-state index >= 15 is 0 Å². The van der Waals surface area contributed by atoms with Crippen LogP contribution >= 0.6 is 0 Å². The SMILES string of the molecule is C=C(C)C(=O)Oc1ccc(-c2ccc(-c3ccc(OC(=O)C(=C)C)cc3)c(C(F)F)c2)cc1. The highest BCUT2D eigenvalue weighted by Gasteiger charge is 2.16. The van der Waals surface area contributed by atoms with Gasteiger partial charge in [0.15, 0.2) is 0 Å². The van der Waals surface area contributed by atoms with Gasteiger partial charge in [0.2, 0.25) is 0 Å². The van der Waals surface area contributed by atoms with Crippen LogP contribution in [0.25, 0.3) is 22.3 Å². The molecule has 0 fully saturated rings. The van der Waals surface area contributed by atoms with Crippen LogP contribution in [0.2, 0.25) is 0 Å². The van der Waals surface area contributed by atoms with Crippen LogP contribution in [0, 0.1) is 0 Å². The van der Waals surface area contributed by atoms with Crippen molar-refractivity contribution in [3.05, 3.63) is 96.6 Å². The van der Waals surface area contributed by atoms with Crippen molar-refractivity contribution in [3.63, 3.8) is 0 Å². The Labute approximate surface area is 190 Å². The number of esters is 2. The van der Waals surface area contributed by atoms with E-state index in [2.05, 4.69) is 13.2 Å². The molecule has 168 valence electrons. The Hall–Kier alpha value is -4.06. The van der Waals surface area contributed by atoms with Crippen LogP contribution in [0.4, 0.5) is 8.78 Å². The minimum atomic E-state index is -2.70. The minimum absolute atomic E-state index is 0.128. The van der Waals surface area contributed by atoms with E-state index in [4.69, 9.17) is 9.47 Å². The molecular weight excluding hydrogens is 426 g/mol. The third-order valence-electron chi connectivity index (χ3n) is 4.76. The molecule has 3 aromatic rings. The Morgan fingerprint density at radius 1 is 0.697 bits per heavy atom. The molecule has 0 amide bonds. The minimum Gasteiger partial charge on any atom is -0.423 e. The summed E-state index contributed by atoms with van der Waals surface area (Å²) in [5.41, 5.74) is 2.64. The molecule has 0 aliphatic heterocycles. The highest BCUT2D eigenvalue weighted by atomic mass is 19.3. The fraction of sp³-hybridized carbons (Fsp3) is 0.111. The number of rotatable bonds is 7. The zero-order valence-corrected chi connectivity index (χ0v) is 18.2. The van der Waals surface area contributed by atoms with Gasteiger partial charge in [-0.25, -0.2) is 18.4 Å². The van der Waals surface area contributed by atoms with Crippen molar-refractivity contribution in [2.45, 2.75) is 20.3 Å². The number of ether oxygens (including phenoxy) is 2. The second kappa shape index (κ2) is 10.0. The fourth-order valence-electron chi connectivity index (χ4n) is 2.99. The van der Waals surface area contributed by atoms with Gasteiger partial charge in [-0.1, -0.05) is 49.6 Å². The summed E-state index contributed by atoms with van der Waals surface area (Å²) in [5.74, 6) is -0.451. The molecule has 0 atom stereocenters. The maximum atomic E-state index is 13.9. The number of hydrogen-bond donors (Lipinski definition) is 0. The van der Waals surface area contributed by atoms with Gasteiger partial charge in [0, 0.05) is 16.7 Å². The first-order chi connectivity index (χ1) is 15.7. The molecule has 0 N–H and O–H groups in total. The maximum absolute atomic E-state index is 13.9. The summed E-state index contributed by atoms with van der Waals surface area (Å²) in [6.45, 7) is 10.1. The maximum Gasteiger partial charge on any atom is 0.338 e. The van der Waals surface area contributed by atoms with Gasteiger partial charge in [-0.2, -0.15) is 0 Å². The number of carbonyl (C=O) groups excluding carboxylic acids is 2. The van der Waals surface area contributed by atoms with Crippen molar-refractivity contribution < 1.29 is 27.8 Å². The Kier molecular flexibility index (Phi) is 7.18. The van der Waals surface area contributed by atoms with Crippen molar-refractivity contribution in [1.29, 1.82) is 0 Å². The molecule has 3 rings (SSSR count). The van der Waals surface area contributed by atoms with Crippen molar-refractivity contribution in [1.82, 2.24) is 0 Å². The first-order valence-electron chi connectivity index (χ1n) is 10.0. The van der Waals surface area contributed by atoms with Crippen LogP contribution < -0.4 is 9.47 Å². The van der Waals surface area contributed by atoms with E-state index in [1.165, 1.54) is 13.0 Å². The number of hydrogen-bond acceptors (Lipinski definition) is 4. The normalized spacial score (nSPS) is 10.6. The average Bonchev–Trinajstić information content (AvgIpc) is 2.79. The van der Waals surface area contributed by atoms with Gasteiger partial charge < -0.3 is 9.47 Å². The fourth-order valence-corrected chi connectivity index (χ4v) is 2.99. The zero-order chi connectivity index (χ0) is 24.1. The Morgan fingerprint density at radius 2 is 1.12 bits per heavy atom. The van der Waals surface area contributed by atoms with E-state index in [0.717, 1.165) is 0 Å². The van der Waals surface area contributed by atoms with Crippen molar-refractivity contribution in [2.24, 2.45) is 0 Å². The lowest BCUT2D eigenvalue weighted by Crippen LogP contribution is -2.07. The highest BCUT2D eigenvalue weighted by molar-refractivity contribution is 5.89. The van der Waals surface area contributed by atoms with Crippen LogP contribution in [0.3, 0.4) is 0 Å². The summed E-state index contributed by atoms with van der Waals surface area (Å²) < 4.78 is 38.1. The largest absolute Gasteiger partial charge is 0.423 e. The predicted octanol–water partition coefficient (Wildman–Crippen LogP) is 6.92. The molecule has 3 aromatic carbocycles. The molecule has 0 bridgehead atoms. The molecular formula is C27H22F2O4. The molecule has 0 spiro atoms. The molecule has 0 aromatic heterocycles. The number of alkyl halides is 2. The summed E-state index contributed by atoms with van der Waals surface area (Å²) in [5, 5.41) is 0. The summed E-state index contributed by atoms with van der Waals surface area (Å²) in [7, 11) is 0. The van der Waals surface area contributed by atoms with Crippen LogP contribution in [-0.4, -0.2) is 11.9 Å². The predicted molar refractivity (Wildman–Crippen MR) is 123 cm³/mol. The summed E-state index contributed by atoms with van der Waals surface area (Å²) >= 11 is 0. The first-order valence-corrected chi connectivity index (χ1v) is 10.0. The van der Waals surface area contributed by atoms with Crippen molar-refractivity contribution >= 4 is 11.9 Å². The third-order valence-corrected chi connectivity index (χ3v) is 4.76. The molecule has 0 saturated carbocycles. The first kappa shape index (κ1) is 23.6. The Bertz CT molecular complexity index is 1210. The molecule has 0 saturated heterocycles. The van der Waals surface area contributed by atoms with E-state index in [0.29, 0.717) is 33.8 Å². The molecule has 33 heavy (non-hydrogen) atoms. The standard InChI is InChI=1S/C27H22F2O4/c1-16(2)26(30)32-21-10-5-18(6-11-21)20-9-14-23(24(15-20)25(28)29)19-7-12-22(13-8-19)33-27(31)17(3)4/h5-15,25H,1,3H2,2,4H3. The Morgan fingerprint density at radius 3 is 1.55 bits per heavy atom. The third kappa shape index (κ3) is 5.80. The lowest BCUT2D eigenvalue weighted by Gasteiger charge is -2.13. The van der Waals surface area contributed by atoms with E-state index in [1.807, 2.05) is 0 Å². The topological polar surface area (TPSA) is 52.6 Å². The van der Waals surface area contributed by atoms with E-state index in [-0.39, 0.29) is 16.7 Å². The summed E-state index contributed by atoms with van der Waals surface area (Å²) in [6.07, 6.45) is -2.70. The van der Waals surface area contributed by atoms with Crippen LogP contribution in [0.15, 0.2) is 91.0 Å². The lowest BCUT2D eigenvalue weighted by atomic mass is 9.95. The summed E-state index contributed by atoms with van der Waals surface area (Å²) in [4.78, 5) is 23.3. The van der Waals surface area contributed by atoms with Crippen molar-refractivity contribution in [2.75, 3.05) is 0 Å². The van der Waals surface area contributed by atoms with Crippen molar-refractivity contribution in [3.8, 4) is 33.8 Å². The molecule has 6 heteroatoms. The zero-order valence-electron chi connectivity index (χ0n) is 18.2. The van der Waals surface area contributed by atoms with E-state index in [9.17, 15) is 18.4 Å². The van der Waals surface area contributed by atoms with Gasteiger partial charge in [-0.05, 0) is 66.4 Å². The van der Waals surface area contributed by atoms with Gasteiger partial charge in [0.1, 0.15) is 11.5 Å². The Balaban J connectivity index is 1.87. The number of benzene rings is 3. The monoisotopic (exact) mass is 448 g/mol. The summed E-state index contributed by atoms with van der Waals surface area (Å²) in [6, 6.07) is 17.7. The van der Waals surface area contributed by atoms with E-state index in [1.54, 1.807) is 67.6 Å². The van der Waals surface area contributed by atoms with Gasteiger partial charge in [-0.15, -0.1) is 0 Å². The molecule has 0 heterocycles. The number of carbonyl (C=O) groups is 2. The van der Waals surface area contributed by atoms with Gasteiger partial charge in [0.05, 0.1) is 0 Å². The molecule has 0 unspecified atom stereocenters. The molecule has 0 aliphatic carbocycles. The molecule has 0 aliphatic rings. The molecule has 4 nitrogen and oxygen atoms in total. The second-order valence-corrected chi connectivity index (χ2v) is 7.49. The second-order valence-electron chi connectivity index (χ2n) is 7.49. The smallest absolute Gasteiger partial charge is 0.338 e. The van der Waals surface area contributed by atoms with Gasteiger partial charge in [0.25, 0.3) is 6.43 Å². The van der Waals surface area contributed by atoms with Crippen LogP contribution in [0.5, 0.6) is 11.5 Å². The van der Waals surface area contributed by atoms with E-state index < -0.39 is 18.4 Å². The lowest BCUT2D eigenvalue weighted by molar-refractivity contribution is -0.130. The number of halogens is 2. The quantitative estimate of drug-likeness (QED) is 0.224.